The topological polar surface area (TPSA) is 74.5 Å². The van der Waals surface area contributed by atoms with Gasteiger partial charge in [0, 0.05) is 48.1 Å². The molecule has 0 atom stereocenters. The number of carbonyl (C=O) groups is 1. The minimum atomic E-state index is -0.329. The van der Waals surface area contributed by atoms with Crippen molar-refractivity contribution < 1.29 is 13.6 Å². The van der Waals surface area contributed by atoms with Crippen molar-refractivity contribution in [3.05, 3.63) is 84.6 Å². The summed E-state index contributed by atoms with van der Waals surface area (Å²) in [5.74, 6) is 0.304. The Morgan fingerprint density at radius 3 is 2.41 bits per heavy atom. The van der Waals surface area contributed by atoms with Gasteiger partial charge >= 0.3 is 6.03 Å². The highest BCUT2D eigenvalue weighted by atomic mass is 19.1. The summed E-state index contributed by atoms with van der Waals surface area (Å²) in [4.78, 5) is 24.7. The largest absolute Gasteiger partial charge is 0.423 e. The molecule has 160 valence electrons. The molecule has 0 radical (unpaired) electrons. The minimum absolute atomic E-state index is 0.150. The van der Waals surface area contributed by atoms with Gasteiger partial charge in [-0.15, -0.1) is 0 Å². The van der Waals surface area contributed by atoms with E-state index < -0.39 is 0 Å². The maximum atomic E-state index is 13.2. The summed E-state index contributed by atoms with van der Waals surface area (Å²) in [6.45, 7) is 3.02. The van der Waals surface area contributed by atoms with Crippen molar-refractivity contribution in [1.29, 1.82) is 0 Å². The number of pyridine rings is 1. The Morgan fingerprint density at radius 1 is 0.969 bits per heavy atom. The molecule has 0 unspecified atom stereocenters. The lowest BCUT2D eigenvalue weighted by Crippen LogP contribution is -2.31. The molecule has 3 heterocycles. The highest BCUT2D eigenvalue weighted by molar-refractivity contribution is 6.06. The third kappa shape index (κ3) is 3.78. The fourth-order valence-corrected chi connectivity index (χ4v) is 3.65. The number of rotatable bonds is 5. The SMILES string of the molecule is Cc1ccc(N2CCN(c3ccc(F)cc3)C2=O)cc1Nc1ncc(-c2ccncc2)o1. The van der Waals surface area contributed by atoms with Crippen LogP contribution in [0, 0.1) is 12.7 Å². The van der Waals surface area contributed by atoms with E-state index in [1.54, 1.807) is 40.5 Å². The number of amides is 2. The lowest BCUT2D eigenvalue weighted by molar-refractivity contribution is 0.256. The number of halogens is 1. The molecule has 5 rings (SSSR count). The number of urea groups is 1. The van der Waals surface area contributed by atoms with E-state index in [1.165, 1.54) is 12.1 Å². The van der Waals surface area contributed by atoms with Crippen LogP contribution in [0.2, 0.25) is 0 Å². The standard InChI is InChI=1S/C24H20FN5O2/c1-16-2-5-20(30-13-12-29(24(30)31)19-6-3-18(25)4-7-19)14-21(16)28-23-27-15-22(32-23)17-8-10-26-11-9-17/h2-11,14-15H,12-13H2,1H3,(H,27,28). The van der Waals surface area contributed by atoms with Crippen LogP contribution in [0.3, 0.4) is 0 Å². The summed E-state index contributed by atoms with van der Waals surface area (Å²) in [5, 5.41) is 3.20. The number of aromatic nitrogens is 2. The Balaban J connectivity index is 1.36. The fraction of sp³-hybridized carbons (Fsp3) is 0.125. The van der Waals surface area contributed by atoms with Crippen LogP contribution >= 0.6 is 0 Å². The van der Waals surface area contributed by atoms with Gasteiger partial charge < -0.3 is 9.73 Å². The molecule has 2 amide bonds. The average molecular weight is 429 g/mol. The molecule has 0 aliphatic carbocycles. The Kier molecular flexibility index (Phi) is 5.03. The summed E-state index contributed by atoms with van der Waals surface area (Å²) >= 11 is 0. The van der Waals surface area contributed by atoms with Gasteiger partial charge in [0.1, 0.15) is 5.82 Å². The zero-order valence-corrected chi connectivity index (χ0v) is 17.3. The summed E-state index contributed by atoms with van der Waals surface area (Å²) in [7, 11) is 0. The van der Waals surface area contributed by atoms with Crippen LogP contribution in [-0.2, 0) is 0 Å². The lowest BCUT2D eigenvalue weighted by Gasteiger charge is -2.20. The lowest BCUT2D eigenvalue weighted by atomic mass is 10.1. The zero-order chi connectivity index (χ0) is 22.1. The molecule has 0 saturated carbocycles. The third-order valence-electron chi connectivity index (χ3n) is 5.39. The first kappa shape index (κ1) is 19.7. The molecule has 2 aromatic carbocycles. The second-order valence-electron chi connectivity index (χ2n) is 7.45. The maximum absolute atomic E-state index is 13.2. The van der Waals surface area contributed by atoms with Crippen molar-refractivity contribution in [2.24, 2.45) is 0 Å². The third-order valence-corrected chi connectivity index (χ3v) is 5.39. The molecule has 1 aliphatic heterocycles. The van der Waals surface area contributed by atoms with Gasteiger partial charge in [-0.2, -0.15) is 0 Å². The van der Waals surface area contributed by atoms with E-state index in [4.69, 9.17) is 4.42 Å². The quantitative estimate of drug-likeness (QED) is 0.461. The number of aryl methyl sites for hydroxylation is 1. The molecule has 0 spiro atoms. The van der Waals surface area contributed by atoms with E-state index in [-0.39, 0.29) is 11.8 Å². The van der Waals surface area contributed by atoms with Crippen LogP contribution in [0.4, 0.5) is 32.3 Å². The number of nitrogens with zero attached hydrogens (tertiary/aromatic N) is 4. The van der Waals surface area contributed by atoms with E-state index in [9.17, 15) is 9.18 Å². The molecule has 4 aromatic rings. The van der Waals surface area contributed by atoms with Crippen molar-refractivity contribution >= 4 is 29.1 Å². The van der Waals surface area contributed by atoms with Gasteiger partial charge in [0.25, 0.3) is 6.01 Å². The van der Waals surface area contributed by atoms with Crippen molar-refractivity contribution in [2.45, 2.75) is 6.92 Å². The summed E-state index contributed by atoms with van der Waals surface area (Å²) in [5.41, 5.74) is 4.09. The number of benzene rings is 2. The van der Waals surface area contributed by atoms with Crippen molar-refractivity contribution in [1.82, 2.24) is 9.97 Å². The van der Waals surface area contributed by atoms with Crippen LogP contribution in [0.25, 0.3) is 11.3 Å². The van der Waals surface area contributed by atoms with Crippen LogP contribution < -0.4 is 15.1 Å². The molecule has 1 N–H and O–H groups in total. The highest BCUT2D eigenvalue weighted by Gasteiger charge is 2.31. The van der Waals surface area contributed by atoms with E-state index in [1.807, 2.05) is 37.3 Å². The first-order chi connectivity index (χ1) is 15.6. The smallest absolute Gasteiger partial charge is 0.329 e. The summed E-state index contributed by atoms with van der Waals surface area (Å²) < 4.78 is 19.1. The molecular weight excluding hydrogens is 409 g/mol. The second-order valence-corrected chi connectivity index (χ2v) is 7.45. The molecule has 8 heteroatoms. The van der Waals surface area contributed by atoms with Crippen LogP contribution in [-0.4, -0.2) is 29.1 Å². The first-order valence-corrected chi connectivity index (χ1v) is 10.2. The molecule has 1 fully saturated rings. The van der Waals surface area contributed by atoms with Gasteiger partial charge in [0.2, 0.25) is 0 Å². The monoisotopic (exact) mass is 429 g/mol. The molecule has 2 aromatic heterocycles. The number of nitrogens with one attached hydrogen (secondary N) is 1. The van der Waals surface area contributed by atoms with Crippen molar-refractivity contribution in [3.8, 4) is 11.3 Å². The molecule has 1 aliphatic rings. The number of carbonyl (C=O) groups excluding carboxylic acids is 1. The van der Waals surface area contributed by atoms with E-state index >= 15 is 0 Å². The van der Waals surface area contributed by atoms with Gasteiger partial charge in [-0.1, -0.05) is 6.07 Å². The van der Waals surface area contributed by atoms with Gasteiger partial charge in [0.15, 0.2) is 5.76 Å². The maximum Gasteiger partial charge on any atom is 0.329 e. The fourth-order valence-electron chi connectivity index (χ4n) is 3.65. The van der Waals surface area contributed by atoms with Crippen LogP contribution in [0.5, 0.6) is 0 Å². The molecule has 1 saturated heterocycles. The number of oxazole rings is 1. The Hall–Kier alpha value is -4.20. The Labute approximate surface area is 184 Å². The molecular formula is C24H20FN5O2. The number of hydrogen-bond donors (Lipinski definition) is 1. The summed E-state index contributed by atoms with van der Waals surface area (Å²) in [6, 6.07) is 15.6. The van der Waals surface area contributed by atoms with E-state index in [0.717, 1.165) is 22.5 Å². The average Bonchev–Trinajstić information content (AvgIpc) is 3.43. The van der Waals surface area contributed by atoms with Gasteiger partial charge in [-0.25, -0.2) is 14.2 Å². The first-order valence-electron chi connectivity index (χ1n) is 10.2. The highest BCUT2D eigenvalue weighted by Crippen LogP contribution is 2.31. The predicted octanol–water partition coefficient (Wildman–Crippen LogP) is 5.37. The molecule has 7 nitrogen and oxygen atoms in total. The van der Waals surface area contributed by atoms with Crippen molar-refractivity contribution in [3.63, 3.8) is 0 Å². The predicted molar refractivity (Wildman–Crippen MR) is 121 cm³/mol. The summed E-state index contributed by atoms with van der Waals surface area (Å²) in [6.07, 6.45) is 5.04. The van der Waals surface area contributed by atoms with Gasteiger partial charge in [-0.3, -0.25) is 14.8 Å². The van der Waals surface area contributed by atoms with E-state index in [2.05, 4.69) is 15.3 Å². The Morgan fingerprint density at radius 2 is 1.66 bits per heavy atom. The Bertz CT molecular complexity index is 1260. The second kappa shape index (κ2) is 8.14. The van der Waals surface area contributed by atoms with Crippen LogP contribution in [0.15, 0.2) is 77.6 Å². The zero-order valence-electron chi connectivity index (χ0n) is 17.3. The molecule has 0 bridgehead atoms. The van der Waals surface area contributed by atoms with Gasteiger partial charge in [0.05, 0.1) is 6.20 Å². The molecule has 32 heavy (non-hydrogen) atoms. The van der Waals surface area contributed by atoms with E-state index in [0.29, 0.717) is 30.6 Å². The number of anilines is 4. The minimum Gasteiger partial charge on any atom is -0.423 e. The van der Waals surface area contributed by atoms with Crippen molar-refractivity contribution in [2.75, 3.05) is 28.2 Å². The number of hydrogen-bond acceptors (Lipinski definition) is 5. The van der Waals surface area contributed by atoms with Crippen LogP contribution in [0.1, 0.15) is 5.56 Å². The normalized spacial score (nSPS) is 13.6. The van der Waals surface area contributed by atoms with Gasteiger partial charge in [-0.05, 0) is 61.0 Å².